The predicted octanol–water partition coefficient (Wildman–Crippen LogP) is 2.85. The summed E-state index contributed by atoms with van der Waals surface area (Å²) in [6, 6.07) is 5.98. The Hall–Kier alpha value is -0.870. The number of hydrogen-bond acceptors (Lipinski definition) is 2. The molecule has 0 aromatic heterocycles. The molecule has 0 unspecified atom stereocenters. The quantitative estimate of drug-likeness (QED) is 0.933. The molecule has 0 aliphatic heterocycles. The van der Waals surface area contributed by atoms with Crippen LogP contribution in [0.5, 0.6) is 0 Å². The van der Waals surface area contributed by atoms with Crippen molar-refractivity contribution in [2.75, 3.05) is 18.5 Å². The number of nitrogens with zero attached hydrogens (tertiary/aromatic N) is 1. The molecule has 3 nitrogen and oxygen atoms in total. The van der Waals surface area contributed by atoms with E-state index in [4.69, 9.17) is 5.73 Å². The van der Waals surface area contributed by atoms with Gasteiger partial charge >= 0.3 is 0 Å². The number of carbonyl (C=O) groups is 1. The maximum Gasteiger partial charge on any atom is 0.234 e. The average molecular weight is 311 g/mol. The fraction of sp³-hybridized carbons (Fsp3) is 0.500. The highest BCUT2D eigenvalue weighted by Crippen LogP contribution is 2.42. The Morgan fingerprint density at radius 1 is 1.50 bits per heavy atom. The normalized spacial score (nSPS) is 17.1. The van der Waals surface area contributed by atoms with E-state index in [0.717, 1.165) is 35.0 Å². The van der Waals surface area contributed by atoms with E-state index >= 15 is 0 Å². The molecule has 1 aromatic carbocycles. The molecular weight excluding hydrogens is 292 g/mol. The van der Waals surface area contributed by atoms with Crippen molar-refractivity contribution in [1.29, 1.82) is 0 Å². The molecule has 0 saturated heterocycles. The topological polar surface area (TPSA) is 46.3 Å². The summed E-state index contributed by atoms with van der Waals surface area (Å²) in [6.07, 6.45) is 2.94. The molecule has 18 heavy (non-hydrogen) atoms. The van der Waals surface area contributed by atoms with Crippen molar-refractivity contribution in [1.82, 2.24) is 0 Å². The van der Waals surface area contributed by atoms with Crippen LogP contribution >= 0.6 is 15.9 Å². The number of nitrogens with two attached hydrogens (primary N) is 1. The lowest BCUT2D eigenvalue weighted by Crippen LogP contribution is -2.51. The van der Waals surface area contributed by atoms with E-state index in [2.05, 4.69) is 15.9 Å². The monoisotopic (exact) mass is 310 g/mol. The second-order valence-corrected chi connectivity index (χ2v) is 6.05. The maximum absolute atomic E-state index is 12.6. The number of amides is 1. The van der Waals surface area contributed by atoms with Gasteiger partial charge in [-0.25, -0.2) is 0 Å². The molecule has 1 aliphatic carbocycles. The zero-order chi connectivity index (χ0) is 13.3. The Bertz CT molecular complexity index is 463. The van der Waals surface area contributed by atoms with Gasteiger partial charge in [-0.3, -0.25) is 4.79 Å². The smallest absolute Gasteiger partial charge is 0.234 e. The van der Waals surface area contributed by atoms with Crippen LogP contribution < -0.4 is 10.6 Å². The molecule has 0 bridgehead atoms. The Morgan fingerprint density at radius 2 is 2.17 bits per heavy atom. The van der Waals surface area contributed by atoms with Crippen molar-refractivity contribution in [3.8, 4) is 0 Å². The lowest BCUT2D eigenvalue weighted by molar-refractivity contribution is -0.131. The van der Waals surface area contributed by atoms with Crippen molar-refractivity contribution >= 4 is 27.5 Å². The third kappa shape index (κ3) is 2.19. The Morgan fingerprint density at radius 3 is 2.67 bits per heavy atom. The van der Waals surface area contributed by atoms with Gasteiger partial charge in [0.1, 0.15) is 0 Å². The van der Waals surface area contributed by atoms with Gasteiger partial charge in [0.05, 0.1) is 5.41 Å². The summed E-state index contributed by atoms with van der Waals surface area (Å²) in [5.41, 5.74) is 7.53. The van der Waals surface area contributed by atoms with Gasteiger partial charge in [0.25, 0.3) is 0 Å². The highest BCUT2D eigenvalue weighted by Gasteiger charge is 2.44. The lowest BCUT2D eigenvalue weighted by atomic mass is 9.68. The minimum atomic E-state index is -0.316. The lowest BCUT2D eigenvalue weighted by Gasteiger charge is -2.42. The van der Waals surface area contributed by atoms with Crippen LogP contribution in [0.15, 0.2) is 22.7 Å². The zero-order valence-corrected chi connectivity index (χ0v) is 12.5. The molecule has 4 heteroatoms. The van der Waals surface area contributed by atoms with Crippen LogP contribution in [-0.2, 0) is 4.79 Å². The van der Waals surface area contributed by atoms with Gasteiger partial charge in [0.15, 0.2) is 0 Å². The number of halogens is 1. The Balaban J connectivity index is 2.28. The fourth-order valence-electron chi connectivity index (χ4n) is 2.52. The summed E-state index contributed by atoms with van der Waals surface area (Å²) >= 11 is 3.45. The van der Waals surface area contributed by atoms with Crippen LogP contribution in [0.3, 0.4) is 0 Å². The first-order valence-corrected chi connectivity index (χ1v) is 7.04. The van der Waals surface area contributed by atoms with Gasteiger partial charge < -0.3 is 10.6 Å². The van der Waals surface area contributed by atoms with Crippen molar-refractivity contribution in [2.24, 2.45) is 11.1 Å². The first-order chi connectivity index (χ1) is 8.50. The van der Waals surface area contributed by atoms with Gasteiger partial charge in [-0.1, -0.05) is 28.4 Å². The molecule has 1 aromatic rings. The summed E-state index contributed by atoms with van der Waals surface area (Å²) in [6.45, 7) is 2.46. The molecule has 2 N–H and O–H groups in total. The largest absolute Gasteiger partial charge is 0.329 e. The van der Waals surface area contributed by atoms with Crippen molar-refractivity contribution in [3.63, 3.8) is 0 Å². The molecule has 0 radical (unpaired) electrons. The van der Waals surface area contributed by atoms with E-state index in [1.807, 2.05) is 32.2 Å². The van der Waals surface area contributed by atoms with Crippen LogP contribution in [0.2, 0.25) is 0 Å². The second-order valence-electron chi connectivity index (χ2n) is 5.13. The second kappa shape index (κ2) is 5.02. The maximum atomic E-state index is 12.6. The molecule has 98 valence electrons. The van der Waals surface area contributed by atoms with E-state index in [0.29, 0.717) is 6.54 Å². The summed E-state index contributed by atoms with van der Waals surface area (Å²) in [4.78, 5) is 14.3. The molecule has 1 aliphatic rings. The highest BCUT2D eigenvalue weighted by atomic mass is 79.9. The Labute approximate surface area is 116 Å². The van der Waals surface area contributed by atoms with Crippen LogP contribution in [0, 0.1) is 12.3 Å². The number of benzene rings is 1. The Kier molecular flexibility index (Phi) is 3.78. The van der Waals surface area contributed by atoms with Crippen molar-refractivity contribution < 1.29 is 4.79 Å². The minimum Gasteiger partial charge on any atom is -0.329 e. The molecule has 2 rings (SSSR count). The molecule has 0 spiro atoms. The van der Waals surface area contributed by atoms with Crippen molar-refractivity contribution in [2.45, 2.75) is 26.2 Å². The molecule has 1 amide bonds. The van der Waals surface area contributed by atoms with Crippen LogP contribution in [0.25, 0.3) is 0 Å². The fourth-order valence-corrected chi connectivity index (χ4v) is 2.87. The van der Waals surface area contributed by atoms with Gasteiger partial charge in [-0.05, 0) is 37.5 Å². The number of hydrogen-bond donors (Lipinski definition) is 1. The van der Waals surface area contributed by atoms with Crippen LogP contribution in [-0.4, -0.2) is 19.5 Å². The third-order valence-electron chi connectivity index (χ3n) is 3.99. The van der Waals surface area contributed by atoms with E-state index in [-0.39, 0.29) is 11.3 Å². The standard InChI is InChI=1S/C14H19BrN2O/c1-10-4-5-11(15)8-12(10)17(2)13(18)14(9-16)6-3-7-14/h4-5,8H,3,6-7,9,16H2,1-2H3. The summed E-state index contributed by atoms with van der Waals surface area (Å²) in [5, 5.41) is 0. The summed E-state index contributed by atoms with van der Waals surface area (Å²) in [7, 11) is 1.84. The molecule has 0 heterocycles. The van der Waals surface area contributed by atoms with Crippen LogP contribution in [0.1, 0.15) is 24.8 Å². The highest BCUT2D eigenvalue weighted by molar-refractivity contribution is 9.10. The van der Waals surface area contributed by atoms with Gasteiger partial charge in [-0.15, -0.1) is 0 Å². The van der Waals surface area contributed by atoms with E-state index in [9.17, 15) is 4.79 Å². The van der Waals surface area contributed by atoms with Crippen LogP contribution in [0.4, 0.5) is 5.69 Å². The molecule has 1 fully saturated rings. The number of rotatable bonds is 3. The summed E-state index contributed by atoms with van der Waals surface area (Å²) in [5.74, 6) is 0.150. The average Bonchev–Trinajstić information content (AvgIpc) is 2.30. The van der Waals surface area contributed by atoms with E-state index in [1.54, 1.807) is 4.90 Å². The summed E-state index contributed by atoms with van der Waals surface area (Å²) < 4.78 is 0.984. The minimum absolute atomic E-state index is 0.150. The first-order valence-electron chi connectivity index (χ1n) is 6.24. The van der Waals surface area contributed by atoms with Crippen molar-refractivity contribution in [3.05, 3.63) is 28.2 Å². The predicted molar refractivity (Wildman–Crippen MR) is 77.6 cm³/mol. The van der Waals surface area contributed by atoms with E-state index in [1.165, 1.54) is 0 Å². The number of anilines is 1. The van der Waals surface area contributed by atoms with Gasteiger partial charge in [0.2, 0.25) is 5.91 Å². The molecular formula is C14H19BrN2O. The van der Waals surface area contributed by atoms with Gasteiger partial charge in [-0.2, -0.15) is 0 Å². The SMILES string of the molecule is Cc1ccc(Br)cc1N(C)C(=O)C1(CN)CCC1. The van der Waals surface area contributed by atoms with Gasteiger partial charge in [0, 0.05) is 23.8 Å². The number of carbonyl (C=O) groups excluding carboxylic acids is 1. The zero-order valence-electron chi connectivity index (χ0n) is 10.9. The first kappa shape index (κ1) is 13.6. The number of aryl methyl sites for hydroxylation is 1. The molecule has 1 saturated carbocycles. The van der Waals surface area contributed by atoms with E-state index < -0.39 is 0 Å². The molecule has 0 atom stereocenters. The third-order valence-corrected chi connectivity index (χ3v) is 4.49.